The van der Waals surface area contributed by atoms with E-state index in [1.165, 1.54) is 5.01 Å². The molecule has 0 aromatic heterocycles. The van der Waals surface area contributed by atoms with Gasteiger partial charge in [-0.05, 0) is 12.3 Å². The van der Waals surface area contributed by atoms with Crippen LogP contribution in [0, 0.1) is 16.0 Å². The molecular weight excluding hydrogens is 196 g/mol. The SMILES string of the molecule is CCCN1N=CN(CC(C)C)C1[N+](=O)[O-]. The van der Waals surface area contributed by atoms with Crippen LogP contribution in [0.3, 0.4) is 0 Å². The van der Waals surface area contributed by atoms with Gasteiger partial charge in [-0.25, -0.2) is 5.01 Å². The molecule has 0 fully saturated rings. The highest BCUT2D eigenvalue weighted by atomic mass is 16.6. The Morgan fingerprint density at radius 1 is 1.60 bits per heavy atom. The summed E-state index contributed by atoms with van der Waals surface area (Å²) in [6, 6.07) is 0. The average molecular weight is 214 g/mol. The van der Waals surface area contributed by atoms with Gasteiger partial charge in [-0.2, -0.15) is 5.10 Å². The van der Waals surface area contributed by atoms with Gasteiger partial charge in [0.2, 0.25) is 0 Å². The molecule has 15 heavy (non-hydrogen) atoms. The Labute approximate surface area is 89.7 Å². The van der Waals surface area contributed by atoms with Gasteiger partial charge in [0.15, 0.2) is 0 Å². The minimum Gasteiger partial charge on any atom is -0.279 e. The smallest absolute Gasteiger partial charge is 0.279 e. The molecule has 0 amide bonds. The van der Waals surface area contributed by atoms with Crippen molar-refractivity contribution < 1.29 is 4.92 Å². The zero-order valence-corrected chi connectivity index (χ0v) is 9.46. The van der Waals surface area contributed by atoms with Gasteiger partial charge in [-0.1, -0.05) is 20.8 Å². The van der Waals surface area contributed by atoms with Crippen LogP contribution in [-0.2, 0) is 0 Å². The van der Waals surface area contributed by atoms with Crippen molar-refractivity contribution >= 4 is 6.34 Å². The lowest BCUT2D eigenvalue weighted by Gasteiger charge is -2.23. The van der Waals surface area contributed by atoms with E-state index in [1.54, 1.807) is 11.2 Å². The molecule has 1 atom stereocenters. The fourth-order valence-electron chi connectivity index (χ4n) is 1.62. The summed E-state index contributed by atoms with van der Waals surface area (Å²) in [4.78, 5) is 12.3. The number of hydrogen-bond donors (Lipinski definition) is 0. The van der Waals surface area contributed by atoms with E-state index in [4.69, 9.17) is 0 Å². The van der Waals surface area contributed by atoms with Crippen LogP contribution in [-0.4, -0.2) is 40.5 Å². The van der Waals surface area contributed by atoms with E-state index in [0.717, 1.165) is 6.42 Å². The Kier molecular flexibility index (Phi) is 3.88. The van der Waals surface area contributed by atoms with E-state index in [9.17, 15) is 10.1 Å². The van der Waals surface area contributed by atoms with E-state index in [1.807, 2.05) is 20.8 Å². The van der Waals surface area contributed by atoms with Gasteiger partial charge in [0.05, 0.1) is 4.92 Å². The normalized spacial score (nSPS) is 20.4. The Morgan fingerprint density at radius 2 is 2.27 bits per heavy atom. The maximum atomic E-state index is 10.9. The first-order chi connectivity index (χ1) is 7.06. The number of hydrogen-bond acceptors (Lipinski definition) is 5. The lowest BCUT2D eigenvalue weighted by Crippen LogP contribution is -2.46. The van der Waals surface area contributed by atoms with Crippen molar-refractivity contribution in [3.63, 3.8) is 0 Å². The zero-order valence-electron chi connectivity index (χ0n) is 9.46. The van der Waals surface area contributed by atoms with E-state index in [-0.39, 0.29) is 4.92 Å². The maximum absolute atomic E-state index is 10.9. The summed E-state index contributed by atoms with van der Waals surface area (Å²) >= 11 is 0. The van der Waals surface area contributed by atoms with Crippen LogP contribution in [0.4, 0.5) is 0 Å². The van der Waals surface area contributed by atoms with E-state index in [2.05, 4.69) is 5.10 Å². The first kappa shape index (κ1) is 11.7. The third-order valence-corrected chi connectivity index (χ3v) is 2.13. The maximum Gasteiger partial charge on any atom is 0.383 e. The van der Waals surface area contributed by atoms with Crippen LogP contribution in [0.25, 0.3) is 0 Å². The van der Waals surface area contributed by atoms with Crippen molar-refractivity contribution in [2.75, 3.05) is 13.1 Å². The average Bonchev–Trinajstić information content (AvgIpc) is 2.47. The fraction of sp³-hybridized carbons (Fsp3) is 0.889. The zero-order chi connectivity index (χ0) is 11.4. The number of nitrogens with zero attached hydrogens (tertiary/aromatic N) is 4. The summed E-state index contributed by atoms with van der Waals surface area (Å²) in [5, 5.41) is 16.5. The minimum absolute atomic E-state index is 0.287. The summed E-state index contributed by atoms with van der Waals surface area (Å²) in [5.41, 5.74) is 0. The highest BCUT2D eigenvalue weighted by Gasteiger charge is 2.37. The molecule has 1 unspecified atom stereocenters. The van der Waals surface area contributed by atoms with E-state index in [0.29, 0.717) is 19.0 Å². The van der Waals surface area contributed by atoms with Crippen LogP contribution in [0.15, 0.2) is 5.10 Å². The second-order valence-electron chi connectivity index (χ2n) is 4.12. The van der Waals surface area contributed by atoms with Crippen molar-refractivity contribution in [3.8, 4) is 0 Å². The second kappa shape index (κ2) is 4.95. The molecule has 0 spiro atoms. The van der Waals surface area contributed by atoms with Crippen molar-refractivity contribution in [2.45, 2.75) is 33.5 Å². The molecule has 0 aromatic carbocycles. The van der Waals surface area contributed by atoms with Gasteiger partial charge in [-0.15, -0.1) is 0 Å². The third kappa shape index (κ3) is 2.81. The van der Waals surface area contributed by atoms with Crippen LogP contribution >= 0.6 is 0 Å². The predicted octanol–water partition coefficient (Wildman–Crippen LogP) is 1.17. The number of nitro groups is 1. The second-order valence-corrected chi connectivity index (χ2v) is 4.12. The number of hydrazone groups is 1. The monoisotopic (exact) mass is 214 g/mol. The van der Waals surface area contributed by atoms with Crippen LogP contribution in [0.2, 0.25) is 0 Å². The number of rotatable bonds is 5. The topological polar surface area (TPSA) is 62.0 Å². The Balaban J connectivity index is 2.66. The summed E-state index contributed by atoms with van der Waals surface area (Å²) < 4.78 is 0. The highest BCUT2D eigenvalue weighted by Crippen LogP contribution is 2.15. The predicted molar refractivity (Wildman–Crippen MR) is 57.8 cm³/mol. The van der Waals surface area contributed by atoms with Crippen molar-refractivity contribution in [1.29, 1.82) is 0 Å². The summed E-state index contributed by atoms with van der Waals surface area (Å²) in [5.74, 6) is 0.389. The minimum atomic E-state index is -0.813. The van der Waals surface area contributed by atoms with Crippen LogP contribution in [0.5, 0.6) is 0 Å². The first-order valence-electron chi connectivity index (χ1n) is 5.26. The summed E-state index contributed by atoms with van der Waals surface area (Å²) in [6.07, 6.45) is 1.62. The third-order valence-electron chi connectivity index (χ3n) is 2.13. The van der Waals surface area contributed by atoms with Gasteiger partial charge in [0.1, 0.15) is 6.34 Å². The molecule has 1 aliphatic rings. The fourth-order valence-corrected chi connectivity index (χ4v) is 1.62. The molecule has 0 bridgehead atoms. The molecular formula is C9H18N4O2. The Bertz CT molecular complexity index is 254. The van der Waals surface area contributed by atoms with Crippen LogP contribution < -0.4 is 0 Å². The standard InChI is InChI=1S/C9H18N4O2/c1-4-5-12-9(13(14)15)11(7-10-12)6-8(2)3/h7-9H,4-6H2,1-3H3. The molecule has 0 saturated carbocycles. The molecule has 6 heteroatoms. The first-order valence-corrected chi connectivity index (χ1v) is 5.26. The molecule has 1 rings (SSSR count). The lowest BCUT2D eigenvalue weighted by atomic mass is 10.2. The molecule has 0 radical (unpaired) electrons. The summed E-state index contributed by atoms with van der Waals surface area (Å²) in [7, 11) is 0. The molecule has 1 aliphatic heterocycles. The van der Waals surface area contributed by atoms with Gasteiger partial charge in [-0.3, -0.25) is 15.0 Å². The largest absolute Gasteiger partial charge is 0.383 e. The molecule has 0 N–H and O–H groups in total. The van der Waals surface area contributed by atoms with Gasteiger partial charge in [0.25, 0.3) is 0 Å². The Morgan fingerprint density at radius 3 is 2.73 bits per heavy atom. The molecule has 0 saturated heterocycles. The summed E-state index contributed by atoms with van der Waals surface area (Å²) in [6.45, 7) is 7.34. The van der Waals surface area contributed by atoms with Gasteiger partial charge >= 0.3 is 6.29 Å². The quantitative estimate of drug-likeness (QED) is 0.509. The highest BCUT2D eigenvalue weighted by molar-refractivity contribution is 5.56. The van der Waals surface area contributed by atoms with Crippen molar-refractivity contribution in [2.24, 2.45) is 11.0 Å². The molecule has 0 aliphatic carbocycles. The van der Waals surface area contributed by atoms with Gasteiger partial charge < -0.3 is 0 Å². The van der Waals surface area contributed by atoms with Crippen LogP contribution in [0.1, 0.15) is 27.2 Å². The lowest BCUT2D eigenvalue weighted by molar-refractivity contribution is -0.571. The molecule has 86 valence electrons. The Hall–Kier alpha value is -1.33. The van der Waals surface area contributed by atoms with Crippen molar-refractivity contribution in [1.82, 2.24) is 9.91 Å². The van der Waals surface area contributed by atoms with Gasteiger partial charge in [0, 0.05) is 13.1 Å². The molecule has 6 nitrogen and oxygen atoms in total. The van der Waals surface area contributed by atoms with E-state index < -0.39 is 6.29 Å². The molecule has 0 aromatic rings. The van der Waals surface area contributed by atoms with E-state index >= 15 is 0 Å². The van der Waals surface area contributed by atoms with Crippen molar-refractivity contribution in [3.05, 3.63) is 10.1 Å². The molecule has 1 heterocycles.